The number of amides is 1. The fourth-order valence-corrected chi connectivity index (χ4v) is 2.55. The summed E-state index contributed by atoms with van der Waals surface area (Å²) in [5.74, 6) is 0.870. The standard InChI is InChI=1S/C19H36N4O/c1-15(2)13-20-9-8-10-23(18(24)12-19(4,5)6)14-17-11-16(3)22(7)21-17/h11,15,20H,8-10,12-14H2,1-7H3. The van der Waals surface area contributed by atoms with Crippen LogP contribution in [0.15, 0.2) is 6.07 Å². The Morgan fingerprint density at radius 3 is 2.54 bits per heavy atom. The van der Waals surface area contributed by atoms with Crippen LogP contribution in [-0.4, -0.2) is 40.2 Å². The maximum absolute atomic E-state index is 12.7. The molecule has 0 saturated heterocycles. The number of hydrogen-bond acceptors (Lipinski definition) is 3. The molecule has 1 rings (SSSR count). The van der Waals surface area contributed by atoms with Crippen molar-refractivity contribution in [3.8, 4) is 0 Å². The van der Waals surface area contributed by atoms with Crippen LogP contribution in [-0.2, 0) is 18.4 Å². The van der Waals surface area contributed by atoms with E-state index in [1.54, 1.807) is 0 Å². The number of aromatic nitrogens is 2. The Morgan fingerprint density at radius 2 is 2.04 bits per heavy atom. The normalized spacial score (nSPS) is 12.0. The minimum absolute atomic E-state index is 0.00522. The topological polar surface area (TPSA) is 50.2 Å². The zero-order valence-electron chi connectivity index (χ0n) is 16.6. The molecule has 1 amide bonds. The average Bonchev–Trinajstić information content (AvgIpc) is 2.73. The van der Waals surface area contributed by atoms with Gasteiger partial charge in [0.25, 0.3) is 0 Å². The third-order valence-electron chi connectivity index (χ3n) is 3.89. The maximum atomic E-state index is 12.7. The van der Waals surface area contributed by atoms with E-state index in [1.165, 1.54) is 0 Å². The highest BCUT2D eigenvalue weighted by molar-refractivity contribution is 5.76. The zero-order chi connectivity index (χ0) is 18.3. The molecule has 0 aromatic carbocycles. The van der Waals surface area contributed by atoms with Gasteiger partial charge in [0.2, 0.25) is 5.91 Å². The molecule has 138 valence electrons. The van der Waals surface area contributed by atoms with Crippen molar-refractivity contribution in [1.82, 2.24) is 20.0 Å². The lowest BCUT2D eigenvalue weighted by molar-refractivity contribution is -0.133. The Hall–Kier alpha value is -1.36. The molecule has 0 aliphatic rings. The van der Waals surface area contributed by atoms with E-state index in [0.717, 1.165) is 37.4 Å². The lowest BCUT2D eigenvalue weighted by Crippen LogP contribution is -2.35. The quantitative estimate of drug-likeness (QED) is 0.705. The molecule has 1 aromatic rings. The molecule has 0 radical (unpaired) electrons. The van der Waals surface area contributed by atoms with Crippen molar-refractivity contribution in [2.45, 2.75) is 60.9 Å². The smallest absolute Gasteiger partial charge is 0.223 e. The number of carbonyl (C=O) groups excluding carboxylic acids is 1. The van der Waals surface area contributed by atoms with Gasteiger partial charge in [-0.1, -0.05) is 34.6 Å². The summed E-state index contributed by atoms with van der Waals surface area (Å²) in [6.07, 6.45) is 1.53. The van der Waals surface area contributed by atoms with Crippen molar-refractivity contribution < 1.29 is 4.79 Å². The van der Waals surface area contributed by atoms with Gasteiger partial charge >= 0.3 is 0 Å². The second-order valence-corrected chi connectivity index (χ2v) is 8.40. The SMILES string of the molecule is Cc1cc(CN(CCCNCC(C)C)C(=O)CC(C)(C)C)nn1C. The third kappa shape index (κ3) is 7.95. The van der Waals surface area contributed by atoms with Crippen molar-refractivity contribution in [3.05, 3.63) is 17.5 Å². The van der Waals surface area contributed by atoms with Crippen molar-refractivity contribution in [2.24, 2.45) is 18.4 Å². The van der Waals surface area contributed by atoms with E-state index >= 15 is 0 Å². The average molecular weight is 337 g/mol. The summed E-state index contributed by atoms with van der Waals surface area (Å²) in [6, 6.07) is 2.06. The van der Waals surface area contributed by atoms with Gasteiger partial charge in [-0.05, 0) is 43.8 Å². The Balaban J connectivity index is 2.63. The predicted octanol–water partition coefficient (Wildman–Crippen LogP) is 3.13. The Bertz CT molecular complexity index is 494. The summed E-state index contributed by atoms with van der Waals surface area (Å²) in [7, 11) is 1.94. The molecule has 0 saturated carbocycles. The van der Waals surface area contributed by atoms with Crippen LogP contribution in [0.25, 0.3) is 0 Å². The minimum Gasteiger partial charge on any atom is -0.337 e. The molecular weight excluding hydrogens is 300 g/mol. The van der Waals surface area contributed by atoms with E-state index in [2.05, 4.69) is 51.1 Å². The predicted molar refractivity (Wildman–Crippen MR) is 99.8 cm³/mol. The molecule has 5 nitrogen and oxygen atoms in total. The number of hydrogen-bond donors (Lipinski definition) is 1. The molecule has 0 atom stereocenters. The molecule has 0 aliphatic carbocycles. The van der Waals surface area contributed by atoms with E-state index < -0.39 is 0 Å². The molecule has 0 spiro atoms. The molecule has 0 bridgehead atoms. The van der Waals surface area contributed by atoms with Gasteiger partial charge in [-0.15, -0.1) is 0 Å². The second kappa shape index (κ2) is 9.21. The minimum atomic E-state index is 0.00522. The summed E-state index contributed by atoms with van der Waals surface area (Å²) in [5, 5.41) is 7.95. The molecule has 0 fully saturated rings. The highest BCUT2D eigenvalue weighted by atomic mass is 16.2. The number of rotatable bonds is 9. The fraction of sp³-hybridized carbons (Fsp3) is 0.789. The van der Waals surface area contributed by atoms with Crippen molar-refractivity contribution >= 4 is 5.91 Å². The lowest BCUT2D eigenvalue weighted by atomic mass is 9.91. The Labute approximate surface area is 147 Å². The first-order chi connectivity index (χ1) is 11.1. The molecule has 0 unspecified atom stereocenters. The summed E-state index contributed by atoms with van der Waals surface area (Å²) in [4.78, 5) is 14.7. The van der Waals surface area contributed by atoms with E-state index in [0.29, 0.717) is 18.9 Å². The van der Waals surface area contributed by atoms with Crippen LogP contribution in [0.4, 0.5) is 0 Å². The maximum Gasteiger partial charge on any atom is 0.223 e. The van der Waals surface area contributed by atoms with E-state index in [4.69, 9.17) is 0 Å². The molecule has 5 heteroatoms. The van der Waals surface area contributed by atoms with Crippen LogP contribution in [0.5, 0.6) is 0 Å². The van der Waals surface area contributed by atoms with Gasteiger partial charge in [-0.3, -0.25) is 9.48 Å². The highest BCUT2D eigenvalue weighted by Gasteiger charge is 2.22. The van der Waals surface area contributed by atoms with Gasteiger partial charge in [0.1, 0.15) is 0 Å². The summed E-state index contributed by atoms with van der Waals surface area (Å²) in [5.41, 5.74) is 2.09. The lowest BCUT2D eigenvalue weighted by Gasteiger charge is -2.26. The Kier molecular flexibility index (Phi) is 7.94. The van der Waals surface area contributed by atoms with Gasteiger partial charge in [-0.25, -0.2) is 0 Å². The van der Waals surface area contributed by atoms with Crippen LogP contribution in [0, 0.1) is 18.3 Å². The first-order valence-corrected chi connectivity index (χ1v) is 9.06. The van der Waals surface area contributed by atoms with E-state index in [9.17, 15) is 4.79 Å². The van der Waals surface area contributed by atoms with Gasteiger partial charge in [0.15, 0.2) is 0 Å². The van der Waals surface area contributed by atoms with Crippen LogP contribution in [0.2, 0.25) is 0 Å². The monoisotopic (exact) mass is 336 g/mol. The van der Waals surface area contributed by atoms with Crippen LogP contribution in [0.3, 0.4) is 0 Å². The summed E-state index contributed by atoms with van der Waals surface area (Å²) < 4.78 is 1.87. The van der Waals surface area contributed by atoms with E-state index in [-0.39, 0.29) is 11.3 Å². The molecule has 24 heavy (non-hydrogen) atoms. The summed E-state index contributed by atoms with van der Waals surface area (Å²) in [6.45, 7) is 16.1. The summed E-state index contributed by atoms with van der Waals surface area (Å²) >= 11 is 0. The van der Waals surface area contributed by atoms with Crippen molar-refractivity contribution in [1.29, 1.82) is 0 Å². The molecule has 0 aliphatic heterocycles. The van der Waals surface area contributed by atoms with Gasteiger partial charge in [-0.2, -0.15) is 5.10 Å². The van der Waals surface area contributed by atoms with Gasteiger partial charge in [0, 0.05) is 25.7 Å². The van der Waals surface area contributed by atoms with E-state index in [1.807, 2.05) is 23.6 Å². The second-order valence-electron chi connectivity index (χ2n) is 8.40. The molecule has 1 heterocycles. The highest BCUT2D eigenvalue weighted by Crippen LogP contribution is 2.20. The van der Waals surface area contributed by atoms with Gasteiger partial charge in [0.05, 0.1) is 12.2 Å². The number of carbonyl (C=O) groups is 1. The molecule has 1 N–H and O–H groups in total. The zero-order valence-corrected chi connectivity index (χ0v) is 16.6. The van der Waals surface area contributed by atoms with Crippen LogP contribution >= 0.6 is 0 Å². The Morgan fingerprint density at radius 1 is 1.38 bits per heavy atom. The van der Waals surface area contributed by atoms with Crippen molar-refractivity contribution in [3.63, 3.8) is 0 Å². The third-order valence-corrected chi connectivity index (χ3v) is 3.89. The molecule has 1 aromatic heterocycles. The number of nitrogens with one attached hydrogen (secondary N) is 1. The van der Waals surface area contributed by atoms with Crippen LogP contribution in [0.1, 0.15) is 58.8 Å². The first-order valence-electron chi connectivity index (χ1n) is 9.06. The number of nitrogens with zero attached hydrogens (tertiary/aromatic N) is 3. The fourth-order valence-electron chi connectivity index (χ4n) is 2.55. The van der Waals surface area contributed by atoms with Gasteiger partial charge < -0.3 is 10.2 Å². The molecular formula is C19H36N4O. The first kappa shape index (κ1) is 20.7. The largest absolute Gasteiger partial charge is 0.337 e. The van der Waals surface area contributed by atoms with Crippen LogP contribution < -0.4 is 5.32 Å². The van der Waals surface area contributed by atoms with Crippen molar-refractivity contribution in [2.75, 3.05) is 19.6 Å². The number of aryl methyl sites for hydroxylation is 2.